The van der Waals surface area contributed by atoms with Crippen LogP contribution in [0, 0.1) is 6.92 Å². The Bertz CT molecular complexity index is 654. The quantitative estimate of drug-likeness (QED) is 0.756. The molecule has 4 nitrogen and oxygen atoms in total. The van der Waals surface area contributed by atoms with Gasteiger partial charge in [0.05, 0.1) is 10.7 Å². The van der Waals surface area contributed by atoms with Gasteiger partial charge in [0.1, 0.15) is 5.75 Å². The molecule has 104 valence electrons. The Morgan fingerprint density at radius 2 is 1.80 bits per heavy atom. The largest absolute Gasteiger partial charge is 0.508 e. The van der Waals surface area contributed by atoms with Crippen LogP contribution < -0.4 is 10.6 Å². The maximum atomic E-state index is 11.9. The molecule has 0 spiro atoms. The van der Waals surface area contributed by atoms with E-state index in [1.807, 2.05) is 0 Å². The van der Waals surface area contributed by atoms with Crippen LogP contribution in [0.15, 0.2) is 36.4 Å². The fourth-order valence-corrected chi connectivity index (χ4v) is 1.96. The smallest absolute Gasteiger partial charge is 0.323 e. The summed E-state index contributed by atoms with van der Waals surface area (Å²) >= 11 is 11.8. The minimum atomic E-state index is -0.470. The number of carbonyl (C=O) groups excluding carboxylic acids is 1. The summed E-state index contributed by atoms with van der Waals surface area (Å²) in [6.45, 7) is 1.71. The van der Waals surface area contributed by atoms with Crippen molar-refractivity contribution in [2.75, 3.05) is 10.6 Å². The lowest BCUT2D eigenvalue weighted by Crippen LogP contribution is -2.20. The monoisotopic (exact) mass is 310 g/mol. The maximum Gasteiger partial charge on any atom is 0.323 e. The fraction of sp³-hybridized carbons (Fsp3) is 0.0714. The first-order valence-corrected chi connectivity index (χ1v) is 6.54. The number of nitrogens with one attached hydrogen (secondary N) is 2. The van der Waals surface area contributed by atoms with Gasteiger partial charge in [0.15, 0.2) is 0 Å². The van der Waals surface area contributed by atoms with E-state index in [0.717, 1.165) is 0 Å². The van der Waals surface area contributed by atoms with Crippen LogP contribution in [0.25, 0.3) is 0 Å². The second kappa shape index (κ2) is 6.03. The van der Waals surface area contributed by atoms with Crippen molar-refractivity contribution < 1.29 is 9.90 Å². The summed E-state index contributed by atoms with van der Waals surface area (Å²) in [6, 6.07) is 9.19. The molecule has 0 aliphatic heterocycles. The highest BCUT2D eigenvalue weighted by atomic mass is 35.5. The van der Waals surface area contributed by atoms with Crippen molar-refractivity contribution in [3.8, 4) is 5.75 Å². The molecule has 3 N–H and O–H groups in total. The molecule has 0 aromatic heterocycles. The summed E-state index contributed by atoms with van der Waals surface area (Å²) < 4.78 is 0. The van der Waals surface area contributed by atoms with Crippen molar-refractivity contribution in [1.29, 1.82) is 0 Å². The molecule has 0 heterocycles. The summed E-state index contributed by atoms with van der Waals surface area (Å²) in [5.41, 5.74) is 1.51. The molecule has 6 heteroatoms. The number of rotatable bonds is 2. The molecule has 0 aliphatic rings. The Morgan fingerprint density at radius 3 is 2.55 bits per heavy atom. The molecule has 0 bridgehead atoms. The zero-order valence-corrected chi connectivity index (χ0v) is 12.1. The zero-order chi connectivity index (χ0) is 14.7. The van der Waals surface area contributed by atoms with Gasteiger partial charge < -0.3 is 15.7 Å². The SMILES string of the molecule is Cc1c(O)cccc1NC(=O)Nc1cc(Cl)ccc1Cl. The molecule has 0 saturated carbocycles. The van der Waals surface area contributed by atoms with Crippen LogP contribution in [0.5, 0.6) is 5.75 Å². The van der Waals surface area contributed by atoms with Gasteiger partial charge in [-0.15, -0.1) is 0 Å². The molecule has 2 rings (SSSR count). The molecule has 0 radical (unpaired) electrons. The number of halogens is 2. The topological polar surface area (TPSA) is 61.4 Å². The second-order valence-corrected chi connectivity index (χ2v) is 5.00. The lowest BCUT2D eigenvalue weighted by Gasteiger charge is -2.11. The van der Waals surface area contributed by atoms with Crippen molar-refractivity contribution in [3.05, 3.63) is 52.0 Å². The predicted octanol–water partition coefficient (Wildman–Crippen LogP) is 4.65. The van der Waals surface area contributed by atoms with Gasteiger partial charge in [0.2, 0.25) is 0 Å². The van der Waals surface area contributed by atoms with Crippen LogP contribution in [-0.2, 0) is 0 Å². The number of amides is 2. The Balaban J connectivity index is 2.13. The second-order valence-electron chi connectivity index (χ2n) is 4.15. The highest BCUT2D eigenvalue weighted by molar-refractivity contribution is 6.35. The number of anilines is 2. The van der Waals surface area contributed by atoms with Gasteiger partial charge in [-0.2, -0.15) is 0 Å². The summed E-state index contributed by atoms with van der Waals surface area (Å²) in [7, 11) is 0. The normalized spacial score (nSPS) is 10.2. The predicted molar refractivity (Wildman–Crippen MR) is 81.9 cm³/mol. The third kappa shape index (κ3) is 3.35. The molecular weight excluding hydrogens is 299 g/mol. The number of phenols is 1. The van der Waals surface area contributed by atoms with Gasteiger partial charge in [0.25, 0.3) is 0 Å². The van der Waals surface area contributed by atoms with Crippen LogP contribution >= 0.6 is 23.2 Å². The van der Waals surface area contributed by atoms with E-state index in [2.05, 4.69) is 10.6 Å². The Hall–Kier alpha value is -1.91. The van der Waals surface area contributed by atoms with Crippen LogP contribution in [0.4, 0.5) is 16.2 Å². The van der Waals surface area contributed by atoms with E-state index >= 15 is 0 Å². The van der Waals surface area contributed by atoms with Gasteiger partial charge in [-0.05, 0) is 37.3 Å². The highest BCUT2D eigenvalue weighted by Crippen LogP contribution is 2.27. The standard InChI is InChI=1S/C14H12Cl2N2O2/c1-8-11(3-2-4-13(8)19)17-14(20)18-12-7-9(15)5-6-10(12)16/h2-7,19H,1H3,(H2,17,18,20). The van der Waals surface area contributed by atoms with Gasteiger partial charge in [-0.1, -0.05) is 29.3 Å². The van der Waals surface area contributed by atoms with E-state index in [1.54, 1.807) is 43.3 Å². The maximum absolute atomic E-state index is 11.9. The van der Waals surface area contributed by atoms with E-state index in [0.29, 0.717) is 27.0 Å². The summed E-state index contributed by atoms with van der Waals surface area (Å²) in [5.74, 6) is 0.114. The third-order valence-electron chi connectivity index (χ3n) is 2.73. The van der Waals surface area contributed by atoms with E-state index in [-0.39, 0.29) is 5.75 Å². The minimum absolute atomic E-state index is 0.114. The molecule has 0 saturated heterocycles. The first-order valence-electron chi connectivity index (χ1n) is 5.79. The minimum Gasteiger partial charge on any atom is -0.508 e. The number of hydrogen-bond acceptors (Lipinski definition) is 2. The zero-order valence-electron chi connectivity index (χ0n) is 10.6. The van der Waals surface area contributed by atoms with Crippen LogP contribution in [0.3, 0.4) is 0 Å². The number of phenolic OH excluding ortho intramolecular Hbond substituents is 1. The van der Waals surface area contributed by atoms with Crippen molar-refractivity contribution in [3.63, 3.8) is 0 Å². The molecular formula is C14H12Cl2N2O2. The van der Waals surface area contributed by atoms with Crippen LogP contribution in [0.1, 0.15) is 5.56 Å². The van der Waals surface area contributed by atoms with Gasteiger partial charge in [-0.25, -0.2) is 4.79 Å². The number of urea groups is 1. The summed E-state index contributed by atoms with van der Waals surface area (Å²) in [4.78, 5) is 11.9. The average Bonchev–Trinajstić information content (AvgIpc) is 2.39. The number of benzene rings is 2. The molecule has 0 fully saturated rings. The van der Waals surface area contributed by atoms with Crippen molar-refractivity contribution >= 4 is 40.6 Å². The molecule has 0 unspecified atom stereocenters. The molecule has 20 heavy (non-hydrogen) atoms. The third-order valence-corrected chi connectivity index (χ3v) is 3.29. The fourth-order valence-electron chi connectivity index (χ4n) is 1.63. The van der Waals surface area contributed by atoms with Gasteiger partial charge in [-0.3, -0.25) is 0 Å². The van der Waals surface area contributed by atoms with Crippen LogP contribution in [-0.4, -0.2) is 11.1 Å². The Kier molecular flexibility index (Phi) is 4.37. The molecule has 2 amide bonds. The van der Waals surface area contributed by atoms with E-state index in [9.17, 15) is 9.90 Å². The molecule has 2 aromatic carbocycles. The van der Waals surface area contributed by atoms with E-state index < -0.39 is 6.03 Å². The molecule has 0 aliphatic carbocycles. The first kappa shape index (κ1) is 14.5. The first-order chi connectivity index (χ1) is 9.47. The van der Waals surface area contributed by atoms with Gasteiger partial charge >= 0.3 is 6.03 Å². The lowest BCUT2D eigenvalue weighted by molar-refractivity contribution is 0.262. The van der Waals surface area contributed by atoms with Crippen molar-refractivity contribution in [2.45, 2.75) is 6.92 Å². The van der Waals surface area contributed by atoms with Crippen molar-refractivity contribution in [1.82, 2.24) is 0 Å². The van der Waals surface area contributed by atoms with E-state index in [4.69, 9.17) is 23.2 Å². The van der Waals surface area contributed by atoms with Crippen molar-refractivity contribution in [2.24, 2.45) is 0 Å². The number of carbonyl (C=O) groups is 1. The van der Waals surface area contributed by atoms with E-state index in [1.165, 1.54) is 0 Å². The summed E-state index contributed by atoms with van der Waals surface area (Å²) in [6.07, 6.45) is 0. The average molecular weight is 311 g/mol. The Morgan fingerprint density at radius 1 is 1.10 bits per heavy atom. The number of hydrogen-bond donors (Lipinski definition) is 3. The number of aromatic hydroxyl groups is 1. The molecule has 0 atom stereocenters. The Labute approximate surface area is 126 Å². The highest BCUT2D eigenvalue weighted by Gasteiger charge is 2.09. The molecule has 2 aromatic rings. The summed E-state index contributed by atoms with van der Waals surface area (Å²) in [5, 5.41) is 15.7. The van der Waals surface area contributed by atoms with Gasteiger partial charge in [0, 0.05) is 16.3 Å². The van der Waals surface area contributed by atoms with Crippen LogP contribution in [0.2, 0.25) is 10.0 Å². The lowest BCUT2D eigenvalue weighted by atomic mass is 10.2.